The number of aromatic nitrogens is 1. The molecule has 2 aromatic carbocycles. The second kappa shape index (κ2) is 8.62. The number of rotatable bonds is 6. The van der Waals surface area contributed by atoms with Gasteiger partial charge in [0.15, 0.2) is 6.61 Å². The van der Waals surface area contributed by atoms with Gasteiger partial charge in [0.05, 0.1) is 5.56 Å². The minimum atomic E-state index is -0.593. The standard InChI is InChI=1S/C21H18N2O4/c1-15-7-8-16(13-22-15)21(25)26-14-20(24)23-17-9-11-19(12-10-17)27-18-5-3-2-4-6-18/h2-13H,14H2,1H3,(H,23,24). The van der Waals surface area contributed by atoms with E-state index in [1.807, 2.05) is 37.3 Å². The minimum absolute atomic E-state index is 0.302. The molecule has 0 unspecified atom stereocenters. The number of aryl methyl sites for hydroxylation is 1. The average molecular weight is 362 g/mol. The van der Waals surface area contributed by atoms with Gasteiger partial charge in [-0.15, -0.1) is 0 Å². The fourth-order valence-corrected chi connectivity index (χ4v) is 2.23. The van der Waals surface area contributed by atoms with Gasteiger partial charge < -0.3 is 14.8 Å². The fraction of sp³-hybridized carbons (Fsp3) is 0.0952. The largest absolute Gasteiger partial charge is 0.457 e. The molecule has 27 heavy (non-hydrogen) atoms. The van der Waals surface area contributed by atoms with Crippen LogP contribution in [0.4, 0.5) is 5.69 Å². The number of amides is 1. The zero-order valence-corrected chi connectivity index (χ0v) is 14.7. The SMILES string of the molecule is Cc1ccc(C(=O)OCC(=O)Nc2ccc(Oc3ccccc3)cc2)cn1. The van der Waals surface area contributed by atoms with Gasteiger partial charge in [-0.05, 0) is 55.5 Å². The van der Waals surface area contributed by atoms with Crippen LogP contribution in [-0.2, 0) is 9.53 Å². The van der Waals surface area contributed by atoms with Gasteiger partial charge in [0.25, 0.3) is 5.91 Å². The summed E-state index contributed by atoms with van der Waals surface area (Å²) in [5.41, 5.74) is 1.67. The smallest absolute Gasteiger partial charge is 0.340 e. The Kier molecular flexibility index (Phi) is 5.79. The molecule has 0 radical (unpaired) electrons. The topological polar surface area (TPSA) is 77.5 Å². The van der Waals surface area contributed by atoms with Crippen LogP contribution in [0.2, 0.25) is 0 Å². The Labute approximate surface area is 156 Å². The predicted molar refractivity (Wildman–Crippen MR) is 101 cm³/mol. The molecule has 1 amide bonds. The second-order valence-electron chi connectivity index (χ2n) is 5.75. The van der Waals surface area contributed by atoms with Crippen molar-refractivity contribution in [2.45, 2.75) is 6.92 Å². The van der Waals surface area contributed by atoms with Crippen molar-refractivity contribution in [3.63, 3.8) is 0 Å². The van der Waals surface area contributed by atoms with Gasteiger partial charge in [-0.25, -0.2) is 4.79 Å². The molecule has 0 bridgehead atoms. The van der Waals surface area contributed by atoms with Crippen LogP contribution >= 0.6 is 0 Å². The molecule has 3 rings (SSSR count). The Morgan fingerprint density at radius 2 is 1.63 bits per heavy atom. The normalized spacial score (nSPS) is 10.1. The summed E-state index contributed by atoms with van der Waals surface area (Å²) in [4.78, 5) is 27.8. The first-order chi connectivity index (χ1) is 13.1. The summed E-state index contributed by atoms with van der Waals surface area (Å²) in [5.74, 6) is 0.355. The van der Waals surface area contributed by atoms with Gasteiger partial charge in [-0.3, -0.25) is 9.78 Å². The van der Waals surface area contributed by atoms with E-state index >= 15 is 0 Å². The Balaban J connectivity index is 1.49. The summed E-state index contributed by atoms with van der Waals surface area (Å²) in [5, 5.41) is 2.66. The van der Waals surface area contributed by atoms with E-state index < -0.39 is 11.9 Å². The highest BCUT2D eigenvalue weighted by Gasteiger charge is 2.10. The lowest BCUT2D eigenvalue weighted by atomic mass is 10.2. The van der Waals surface area contributed by atoms with Crippen LogP contribution in [0.15, 0.2) is 72.9 Å². The molecule has 0 aliphatic rings. The molecular weight excluding hydrogens is 344 g/mol. The van der Waals surface area contributed by atoms with Crippen molar-refractivity contribution < 1.29 is 19.1 Å². The number of pyridine rings is 1. The van der Waals surface area contributed by atoms with Crippen LogP contribution in [0, 0.1) is 6.92 Å². The third kappa shape index (κ3) is 5.40. The van der Waals surface area contributed by atoms with E-state index in [-0.39, 0.29) is 6.61 Å². The van der Waals surface area contributed by atoms with E-state index in [1.54, 1.807) is 36.4 Å². The molecule has 6 nitrogen and oxygen atoms in total. The van der Waals surface area contributed by atoms with Crippen molar-refractivity contribution in [2.24, 2.45) is 0 Å². The number of carbonyl (C=O) groups is 2. The monoisotopic (exact) mass is 362 g/mol. The number of nitrogens with one attached hydrogen (secondary N) is 1. The lowest BCUT2D eigenvalue weighted by Gasteiger charge is -2.08. The van der Waals surface area contributed by atoms with Crippen LogP contribution in [0.1, 0.15) is 16.1 Å². The third-order valence-corrected chi connectivity index (χ3v) is 3.60. The predicted octanol–water partition coefficient (Wildman–Crippen LogP) is 3.98. The van der Waals surface area contributed by atoms with Crippen LogP contribution in [0.3, 0.4) is 0 Å². The van der Waals surface area contributed by atoms with E-state index in [9.17, 15) is 9.59 Å². The van der Waals surface area contributed by atoms with Crippen molar-refractivity contribution in [2.75, 3.05) is 11.9 Å². The summed E-state index contributed by atoms with van der Waals surface area (Å²) in [6, 6.07) is 19.6. The van der Waals surface area contributed by atoms with E-state index in [1.165, 1.54) is 6.20 Å². The average Bonchev–Trinajstić information content (AvgIpc) is 2.69. The zero-order valence-electron chi connectivity index (χ0n) is 14.7. The highest BCUT2D eigenvalue weighted by atomic mass is 16.5. The molecule has 0 atom stereocenters. The molecule has 0 saturated carbocycles. The number of para-hydroxylation sites is 1. The molecular formula is C21H18N2O4. The Morgan fingerprint density at radius 3 is 2.30 bits per heavy atom. The lowest BCUT2D eigenvalue weighted by molar-refractivity contribution is -0.119. The highest BCUT2D eigenvalue weighted by Crippen LogP contribution is 2.22. The minimum Gasteiger partial charge on any atom is -0.457 e. The molecule has 1 N–H and O–H groups in total. The third-order valence-electron chi connectivity index (χ3n) is 3.60. The number of ether oxygens (including phenoxy) is 2. The number of nitrogens with zero attached hydrogens (tertiary/aromatic N) is 1. The molecule has 6 heteroatoms. The number of carbonyl (C=O) groups excluding carboxylic acids is 2. The van der Waals surface area contributed by atoms with E-state index in [0.717, 1.165) is 11.4 Å². The van der Waals surface area contributed by atoms with Gasteiger partial charge in [0.1, 0.15) is 11.5 Å². The van der Waals surface area contributed by atoms with Gasteiger partial charge >= 0.3 is 5.97 Å². The maximum Gasteiger partial charge on any atom is 0.340 e. The maximum atomic E-state index is 11.9. The van der Waals surface area contributed by atoms with Crippen molar-refractivity contribution in [1.29, 1.82) is 0 Å². The quantitative estimate of drug-likeness (QED) is 0.671. The molecule has 136 valence electrons. The molecule has 1 aromatic heterocycles. The van der Waals surface area contributed by atoms with Crippen molar-refractivity contribution in [3.8, 4) is 11.5 Å². The zero-order chi connectivity index (χ0) is 19.1. The van der Waals surface area contributed by atoms with Gasteiger partial charge in [-0.1, -0.05) is 18.2 Å². The summed E-state index contributed by atoms with van der Waals surface area (Å²) >= 11 is 0. The van der Waals surface area contributed by atoms with Gasteiger partial charge in [0.2, 0.25) is 0 Å². The maximum absolute atomic E-state index is 11.9. The van der Waals surface area contributed by atoms with E-state index in [0.29, 0.717) is 17.0 Å². The van der Waals surface area contributed by atoms with E-state index in [4.69, 9.17) is 9.47 Å². The Hall–Kier alpha value is -3.67. The number of anilines is 1. The van der Waals surface area contributed by atoms with Crippen molar-refractivity contribution in [1.82, 2.24) is 4.98 Å². The number of esters is 1. The number of hydrogen-bond donors (Lipinski definition) is 1. The summed E-state index contributed by atoms with van der Waals surface area (Å²) < 4.78 is 10.7. The molecule has 0 saturated heterocycles. The van der Waals surface area contributed by atoms with Crippen LogP contribution in [-0.4, -0.2) is 23.5 Å². The fourth-order valence-electron chi connectivity index (χ4n) is 2.23. The van der Waals surface area contributed by atoms with Crippen molar-refractivity contribution in [3.05, 3.63) is 84.2 Å². The molecule has 0 spiro atoms. The van der Waals surface area contributed by atoms with Gasteiger partial charge in [0, 0.05) is 17.6 Å². The first-order valence-electron chi connectivity index (χ1n) is 8.33. The molecule has 0 aliphatic heterocycles. The van der Waals surface area contributed by atoms with E-state index in [2.05, 4.69) is 10.3 Å². The summed E-state index contributed by atoms with van der Waals surface area (Å²) in [6.07, 6.45) is 1.42. The summed E-state index contributed by atoms with van der Waals surface area (Å²) in [6.45, 7) is 1.44. The summed E-state index contributed by atoms with van der Waals surface area (Å²) in [7, 11) is 0. The van der Waals surface area contributed by atoms with Crippen LogP contribution < -0.4 is 10.1 Å². The lowest BCUT2D eigenvalue weighted by Crippen LogP contribution is -2.21. The molecule has 3 aromatic rings. The van der Waals surface area contributed by atoms with Gasteiger partial charge in [-0.2, -0.15) is 0 Å². The first kappa shape index (κ1) is 18.1. The number of benzene rings is 2. The molecule has 1 heterocycles. The highest BCUT2D eigenvalue weighted by molar-refractivity contribution is 5.95. The molecule has 0 fully saturated rings. The van der Waals surface area contributed by atoms with Crippen molar-refractivity contribution >= 4 is 17.6 Å². The molecule has 0 aliphatic carbocycles. The number of hydrogen-bond acceptors (Lipinski definition) is 5. The van der Waals surface area contributed by atoms with Crippen LogP contribution in [0.5, 0.6) is 11.5 Å². The Morgan fingerprint density at radius 1 is 0.926 bits per heavy atom. The Bertz CT molecular complexity index is 907. The van der Waals surface area contributed by atoms with Crippen LogP contribution in [0.25, 0.3) is 0 Å². The first-order valence-corrected chi connectivity index (χ1v) is 8.33. The second-order valence-corrected chi connectivity index (χ2v) is 5.75.